The maximum Gasteiger partial charge on any atom is 0.126 e. The van der Waals surface area contributed by atoms with Crippen molar-refractivity contribution in [3.63, 3.8) is 0 Å². The average Bonchev–Trinajstić information content (AvgIpc) is 2.33. The van der Waals surface area contributed by atoms with Gasteiger partial charge < -0.3 is 5.11 Å². The number of hydrogen-bond acceptors (Lipinski definition) is 1. The standard InChI is InChI=1S/C16H22F2O/c1-11(2)12-4-3-7-16(19,9-12)10-13-8-14(17)5-6-15(13)18/h5-6,8,11-12,19H,3-4,7,9-10H2,1-2H3. The molecule has 3 heteroatoms. The molecule has 0 aromatic heterocycles. The van der Waals surface area contributed by atoms with Crippen molar-refractivity contribution < 1.29 is 13.9 Å². The van der Waals surface area contributed by atoms with Gasteiger partial charge in [-0.2, -0.15) is 0 Å². The van der Waals surface area contributed by atoms with Gasteiger partial charge in [0.25, 0.3) is 0 Å². The van der Waals surface area contributed by atoms with Crippen LogP contribution in [-0.4, -0.2) is 10.7 Å². The van der Waals surface area contributed by atoms with E-state index in [0.717, 1.165) is 25.0 Å². The van der Waals surface area contributed by atoms with Crippen LogP contribution in [0.2, 0.25) is 0 Å². The first-order valence-corrected chi connectivity index (χ1v) is 7.06. The van der Waals surface area contributed by atoms with Crippen LogP contribution in [-0.2, 0) is 6.42 Å². The van der Waals surface area contributed by atoms with Crippen molar-refractivity contribution >= 4 is 0 Å². The topological polar surface area (TPSA) is 20.2 Å². The molecule has 0 bridgehead atoms. The van der Waals surface area contributed by atoms with E-state index < -0.39 is 17.2 Å². The summed E-state index contributed by atoms with van der Waals surface area (Å²) in [5.74, 6) is 0.109. The van der Waals surface area contributed by atoms with E-state index in [4.69, 9.17) is 0 Å². The normalized spacial score (nSPS) is 27.8. The first-order valence-electron chi connectivity index (χ1n) is 7.06. The van der Waals surface area contributed by atoms with Crippen LogP contribution < -0.4 is 0 Å². The zero-order chi connectivity index (χ0) is 14.0. The van der Waals surface area contributed by atoms with Crippen molar-refractivity contribution in [1.82, 2.24) is 0 Å². The lowest BCUT2D eigenvalue weighted by atomic mass is 9.71. The fourth-order valence-electron chi connectivity index (χ4n) is 3.15. The highest BCUT2D eigenvalue weighted by atomic mass is 19.1. The molecule has 0 saturated heterocycles. The molecule has 2 rings (SSSR count). The van der Waals surface area contributed by atoms with Crippen LogP contribution in [0.15, 0.2) is 18.2 Å². The maximum atomic E-state index is 13.7. The van der Waals surface area contributed by atoms with Gasteiger partial charge in [0.1, 0.15) is 11.6 Å². The maximum absolute atomic E-state index is 13.7. The third-order valence-electron chi connectivity index (χ3n) is 4.33. The monoisotopic (exact) mass is 268 g/mol. The second-order valence-corrected chi connectivity index (χ2v) is 6.24. The second-order valence-electron chi connectivity index (χ2n) is 6.24. The first-order chi connectivity index (χ1) is 8.89. The Balaban J connectivity index is 2.14. The van der Waals surface area contributed by atoms with Crippen LogP contribution in [0.1, 0.15) is 45.1 Å². The molecule has 0 amide bonds. The molecule has 1 N–H and O–H groups in total. The van der Waals surface area contributed by atoms with Crippen LogP contribution in [0.3, 0.4) is 0 Å². The van der Waals surface area contributed by atoms with E-state index in [1.807, 2.05) is 0 Å². The van der Waals surface area contributed by atoms with Gasteiger partial charge in [0.2, 0.25) is 0 Å². The molecule has 1 aliphatic rings. The van der Waals surface area contributed by atoms with E-state index in [1.165, 1.54) is 6.07 Å². The van der Waals surface area contributed by atoms with Gasteiger partial charge in [-0.25, -0.2) is 8.78 Å². The molecule has 0 spiro atoms. The quantitative estimate of drug-likeness (QED) is 0.875. The lowest BCUT2D eigenvalue weighted by Gasteiger charge is -2.38. The van der Waals surface area contributed by atoms with E-state index in [9.17, 15) is 13.9 Å². The molecular formula is C16H22F2O. The Morgan fingerprint density at radius 1 is 1.37 bits per heavy atom. The second kappa shape index (κ2) is 5.58. The smallest absolute Gasteiger partial charge is 0.126 e. The van der Waals surface area contributed by atoms with Crippen molar-refractivity contribution in [1.29, 1.82) is 0 Å². The van der Waals surface area contributed by atoms with Gasteiger partial charge >= 0.3 is 0 Å². The fourth-order valence-corrected chi connectivity index (χ4v) is 3.15. The van der Waals surface area contributed by atoms with Crippen molar-refractivity contribution in [3.05, 3.63) is 35.4 Å². The molecule has 2 unspecified atom stereocenters. The number of halogens is 2. The molecule has 0 radical (unpaired) electrons. The van der Waals surface area contributed by atoms with Crippen molar-refractivity contribution in [3.8, 4) is 0 Å². The number of aliphatic hydroxyl groups is 1. The van der Waals surface area contributed by atoms with E-state index in [-0.39, 0.29) is 12.0 Å². The Hall–Kier alpha value is -0.960. The number of rotatable bonds is 3. The minimum atomic E-state index is -0.887. The molecule has 1 saturated carbocycles. The minimum Gasteiger partial charge on any atom is -0.390 e. The summed E-state index contributed by atoms with van der Waals surface area (Å²) in [7, 11) is 0. The minimum absolute atomic E-state index is 0.208. The summed E-state index contributed by atoms with van der Waals surface area (Å²) in [4.78, 5) is 0. The molecule has 19 heavy (non-hydrogen) atoms. The van der Waals surface area contributed by atoms with Gasteiger partial charge in [0.15, 0.2) is 0 Å². The highest BCUT2D eigenvalue weighted by Gasteiger charge is 2.36. The summed E-state index contributed by atoms with van der Waals surface area (Å²) in [6.07, 6.45) is 3.63. The molecular weight excluding hydrogens is 246 g/mol. The summed E-state index contributed by atoms with van der Waals surface area (Å²) < 4.78 is 26.9. The van der Waals surface area contributed by atoms with Gasteiger partial charge in [-0.1, -0.05) is 20.3 Å². The van der Waals surface area contributed by atoms with Crippen molar-refractivity contribution in [2.75, 3.05) is 0 Å². The van der Waals surface area contributed by atoms with Gasteiger partial charge in [-0.05, 0) is 54.9 Å². The van der Waals surface area contributed by atoms with E-state index in [0.29, 0.717) is 24.7 Å². The molecule has 1 fully saturated rings. The van der Waals surface area contributed by atoms with Gasteiger partial charge in [-0.15, -0.1) is 0 Å². The Labute approximate surface area is 113 Å². The molecule has 1 nitrogen and oxygen atoms in total. The van der Waals surface area contributed by atoms with Gasteiger partial charge in [0, 0.05) is 6.42 Å². The van der Waals surface area contributed by atoms with Gasteiger partial charge in [-0.3, -0.25) is 0 Å². The van der Waals surface area contributed by atoms with Crippen LogP contribution in [0, 0.1) is 23.5 Å². The third-order valence-corrected chi connectivity index (χ3v) is 4.33. The first kappa shape index (κ1) is 14.4. The summed E-state index contributed by atoms with van der Waals surface area (Å²) in [5.41, 5.74) is -0.603. The lowest BCUT2D eigenvalue weighted by Crippen LogP contribution is -2.39. The molecule has 106 valence electrons. The van der Waals surface area contributed by atoms with Crippen LogP contribution in [0.25, 0.3) is 0 Å². The number of hydrogen-bond donors (Lipinski definition) is 1. The predicted molar refractivity (Wildman–Crippen MR) is 71.8 cm³/mol. The summed E-state index contributed by atoms with van der Waals surface area (Å²) in [6, 6.07) is 3.45. The van der Waals surface area contributed by atoms with E-state index in [1.54, 1.807) is 0 Å². The van der Waals surface area contributed by atoms with Crippen LogP contribution in [0.5, 0.6) is 0 Å². The lowest BCUT2D eigenvalue weighted by molar-refractivity contribution is -0.0245. The van der Waals surface area contributed by atoms with E-state index in [2.05, 4.69) is 13.8 Å². The fraction of sp³-hybridized carbons (Fsp3) is 0.625. The molecule has 1 aromatic rings. The summed E-state index contributed by atoms with van der Waals surface area (Å²) >= 11 is 0. The highest BCUT2D eigenvalue weighted by molar-refractivity contribution is 5.21. The Bertz CT molecular complexity index is 444. The largest absolute Gasteiger partial charge is 0.390 e. The van der Waals surface area contributed by atoms with Gasteiger partial charge in [0.05, 0.1) is 5.60 Å². The molecule has 2 atom stereocenters. The SMILES string of the molecule is CC(C)C1CCCC(O)(Cc2cc(F)ccc2F)C1. The Kier molecular flexibility index (Phi) is 4.24. The molecule has 0 aliphatic heterocycles. The van der Waals surface area contributed by atoms with Crippen molar-refractivity contribution in [2.24, 2.45) is 11.8 Å². The zero-order valence-corrected chi connectivity index (χ0v) is 11.6. The summed E-state index contributed by atoms with van der Waals surface area (Å²) in [5, 5.41) is 10.7. The molecule has 0 heterocycles. The Morgan fingerprint density at radius 3 is 2.79 bits per heavy atom. The molecule has 1 aromatic carbocycles. The summed E-state index contributed by atoms with van der Waals surface area (Å²) in [6.45, 7) is 4.30. The number of benzene rings is 1. The third kappa shape index (κ3) is 3.53. The van der Waals surface area contributed by atoms with Crippen LogP contribution in [0.4, 0.5) is 8.78 Å². The van der Waals surface area contributed by atoms with Crippen LogP contribution >= 0.6 is 0 Å². The zero-order valence-electron chi connectivity index (χ0n) is 11.6. The predicted octanol–water partition coefficient (Wildman–Crippen LogP) is 4.08. The Morgan fingerprint density at radius 2 is 2.11 bits per heavy atom. The van der Waals surface area contributed by atoms with Crippen molar-refractivity contribution in [2.45, 2.75) is 51.6 Å². The van der Waals surface area contributed by atoms with E-state index >= 15 is 0 Å². The highest BCUT2D eigenvalue weighted by Crippen LogP contribution is 2.38. The average molecular weight is 268 g/mol. The molecule has 1 aliphatic carbocycles.